The third-order valence-corrected chi connectivity index (χ3v) is 5.03. The molecule has 2 heterocycles. The molecule has 0 fully saturated rings. The van der Waals surface area contributed by atoms with Crippen molar-refractivity contribution in [2.45, 2.75) is 59.8 Å². The molecule has 0 aliphatic carbocycles. The zero-order chi connectivity index (χ0) is 19.2. The van der Waals surface area contributed by atoms with E-state index < -0.39 is 0 Å². The van der Waals surface area contributed by atoms with Gasteiger partial charge < -0.3 is 0 Å². The van der Waals surface area contributed by atoms with Gasteiger partial charge in [0.05, 0.1) is 11.4 Å². The van der Waals surface area contributed by atoms with Crippen LogP contribution in [0.1, 0.15) is 58.3 Å². The Bertz CT molecular complexity index is 684. The third kappa shape index (κ3) is 7.92. The third-order valence-electron chi connectivity index (χ3n) is 4.10. The summed E-state index contributed by atoms with van der Waals surface area (Å²) < 4.78 is 0. The molecule has 1 aromatic rings. The molecule has 140 valence electrons. The summed E-state index contributed by atoms with van der Waals surface area (Å²) in [5.41, 5.74) is 4.34. The summed E-state index contributed by atoms with van der Waals surface area (Å²) in [7, 11) is 0. The number of hydrogen-bond acceptors (Lipinski definition) is 3. The van der Waals surface area contributed by atoms with Gasteiger partial charge in [0, 0.05) is 17.3 Å². The molecule has 0 atom stereocenters. The normalized spacial score (nSPS) is 18.0. The maximum Gasteiger partial charge on any atom is 0.0618 e. The fraction of sp³-hybridized carbons (Fsp3) is 0.391. The van der Waals surface area contributed by atoms with Crippen LogP contribution >= 0.6 is 11.3 Å². The van der Waals surface area contributed by atoms with Crippen LogP contribution < -0.4 is 0 Å². The lowest BCUT2D eigenvalue weighted by Gasteiger charge is -2.05. The number of aryl methyl sites for hydroxylation is 1. The van der Waals surface area contributed by atoms with Gasteiger partial charge in [-0.25, -0.2) is 0 Å². The Morgan fingerprint density at radius 3 is 2.58 bits per heavy atom. The molecule has 2 nitrogen and oxygen atoms in total. The number of rotatable bonds is 6. The van der Waals surface area contributed by atoms with E-state index in [0.717, 1.165) is 36.3 Å². The summed E-state index contributed by atoms with van der Waals surface area (Å²) in [5.74, 6) is 0. The number of allylic oxidation sites excluding steroid dienone is 5. The van der Waals surface area contributed by atoms with E-state index in [1.54, 1.807) is 11.3 Å². The maximum atomic E-state index is 4.62. The largest absolute Gasteiger partial charge is 0.260 e. The van der Waals surface area contributed by atoms with Crippen LogP contribution in [0.2, 0.25) is 0 Å². The Morgan fingerprint density at radius 2 is 2.00 bits per heavy atom. The van der Waals surface area contributed by atoms with Gasteiger partial charge in [0.2, 0.25) is 0 Å². The molecule has 0 N–H and O–H groups in total. The monoisotopic (exact) mass is 368 g/mol. The average molecular weight is 369 g/mol. The zero-order valence-electron chi connectivity index (χ0n) is 16.7. The summed E-state index contributed by atoms with van der Waals surface area (Å²) in [5, 5.41) is 2.12. The molecule has 0 aromatic carbocycles. The van der Waals surface area contributed by atoms with E-state index in [-0.39, 0.29) is 0 Å². The van der Waals surface area contributed by atoms with Crippen molar-refractivity contribution in [3.05, 3.63) is 70.7 Å². The second kappa shape index (κ2) is 13.2. The van der Waals surface area contributed by atoms with Crippen LogP contribution in [0, 0.1) is 0 Å². The molecule has 1 aromatic heterocycles. The first-order chi connectivity index (χ1) is 12.7. The Kier molecular flexibility index (Phi) is 11.2. The SMILES string of the molecule is C=CC(=C\C)/C1=C/N=C(C)C(CCc2cccs2)=N/C=C\C1.CCCC. The molecule has 0 saturated carbocycles. The molecule has 0 saturated heterocycles. The van der Waals surface area contributed by atoms with E-state index in [9.17, 15) is 0 Å². The van der Waals surface area contributed by atoms with Crippen molar-refractivity contribution in [3.63, 3.8) is 0 Å². The fourth-order valence-corrected chi connectivity index (χ4v) is 3.00. The zero-order valence-corrected chi connectivity index (χ0v) is 17.5. The highest BCUT2D eigenvalue weighted by Crippen LogP contribution is 2.18. The highest BCUT2D eigenvalue weighted by atomic mass is 32.1. The van der Waals surface area contributed by atoms with Crippen LogP contribution in [-0.4, -0.2) is 11.4 Å². The minimum atomic E-state index is 0.824. The first-order valence-electron chi connectivity index (χ1n) is 9.43. The van der Waals surface area contributed by atoms with Gasteiger partial charge in [0.15, 0.2) is 0 Å². The second-order valence-corrected chi connectivity index (χ2v) is 7.09. The van der Waals surface area contributed by atoms with E-state index in [1.807, 2.05) is 32.3 Å². The van der Waals surface area contributed by atoms with Crippen LogP contribution in [0.25, 0.3) is 0 Å². The van der Waals surface area contributed by atoms with Gasteiger partial charge >= 0.3 is 0 Å². The molecule has 1 aliphatic rings. The molecule has 1 aliphatic heterocycles. The fourth-order valence-electron chi connectivity index (χ4n) is 2.29. The molecule has 3 heteroatoms. The maximum absolute atomic E-state index is 4.62. The van der Waals surface area contributed by atoms with Crippen LogP contribution in [-0.2, 0) is 6.42 Å². The van der Waals surface area contributed by atoms with Crippen molar-refractivity contribution in [2.24, 2.45) is 9.98 Å². The lowest BCUT2D eigenvalue weighted by Crippen LogP contribution is -2.10. The van der Waals surface area contributed by atoms with E-state index in [4.69, 9.17) is 0 Å². The van der Waals surface area contributed by atoms with Crippen LogP contribution in [0.3, 0.4) is 0 Å². The predicted octanol–water partition coefficient (Wildman–Crippen LogP) is 7.32. The number of aliphatic imine (C=N–C) groups is 2. The Hall–Kier alpha value is -2.00. The quantitative estimate of drug-likeness (QED) is 0.470. The summed E-state index contributed by atoms with van der Waals surface area (Å²) in [6, 6.07) is 4.26. The summed E-state index contributed by atoms with van der Waals surface area (Å²) in [6.45, 7) is 12.3. The number of nitrogens with zero attached hydrogens (tertiary/aromatic N) is 2. The summed E-state index contributed by atoms with van der Waals surface area (Å²) in [6.07, 6.45) is 15.3. The van der Waals surface area contributed by atoms with Gasteiger partial charge in [-0.3, -0.25) is 9.98 Å². The van der Waals surface area contributed by atoms with Crippen molar-refractivity contribution in [3.8, 4) is 0 Å². The summed E-state index contributed by atoms with van der Waals surface area (Å²) >= 11 is 1.79. The number of thiophene rings is 1. The minimum Gasteiger partial charge on any atom is -0.260 e. The van der Waals surface area contributed by atoms with E-state index in [1.165, 1.54) is 23.3 Å². The van der Waals surface area contributed by atoms with Gasteiger partial charge in [-0.15, -0.1) is 11.3 Å². The minimum absolute atomic E-state index is 0.824. The van der Waals surface area contributed by atoms with Crippen molar-refractivity contribution in [1.29, 1.82) is 0 Å². The van der Waals surface area contributed by atoms with E-state index in [0.29, 0.717) is 0 Å². The van der Waals surface area contributed by atoms with Crippen LogP contribution in [0.15, 0.2) is 75.9 Å². The van der Waals surface area contributed by atoms with Gasteiger partial charge in [0.1, 0.15) is 0 Å². The van der Waals surface area contributed by atoms with Crippen LogP contribution in [0.4, 0.5) is 0 Å². The first kappa shape index (κ1) is 22.0. The molecule has 0 radical (unpaired) electrons. The van der Waals surface area contributed by atoms with E-state index in [2.05, 4.69) is 60.1 Å². The molecular formula is C23H32N2S. The Labute approximate surface area is 163 Å². The Balaban J connectivity index is 0.000000765. The number of unbranched alkanes of at least 4 members (excludes halogenated alkanes) is 1. The Morgan fingerprint density at radius 1 is 1.23 bits per heavy atom. The standard InChI is InChI=1S/C19H22N2S.C4H10/c1-4-16(5-2)17-8-6-12-20-19(15(3)21-14-17)11-10-18-9-7-13-22-18;1-3-4-2/h4-7,9,12-14H,1,8,10-11H2,2-3H3;3-4H2,1-2H3/b12-6-,16-5+,17-14+,20-19?,21-15?;. The molecule has 0 spiro atoms. The highest BCUT2D eigenvalue weighted by molar-refractivity contribution is 7.09. The second-order valence-electron chi connectivity index (χ2n) is 6.06. The molecule has 0 bridgehead atoms. The lowest BCUT2D eigenvalue weighted by atomic mass is 10.0. The lowest BCUT2D eigenvalue weighted by molar-refractivity contribution is 0.886. The molecule has 26 heavy (non-hydrogen) atoms. The van der Waals surface area contributed by atoms with Crippen molar-refractivity contribution in [1.82, 2.24) is 0 Å². The molecular weight excluding hydrogens is 336 g/mol. The summed E-state index contributed by atoms with van der Waals surface area (Å²) in [4.78, 5) is 10.6. The molecule has 0 unspecified atom stereocenters. The van der Waals surface area contributed by atoms with Gasteiger partial charge in [0.25, 0.3) is 0 Å². The average Bonchev–Trinajstić information content (AvgIpc) is 3.20. The van der Waals surface area contributed by atoms with Gasteiger partial charge in [-0.05, 0) is 55.7 Å². The van der Waals surface area contributed by atoms with Crippen molar-refractivity contribution < 1.29 is 0 Å². The van der Waals surface area contributed by atoms with Gasteiger partial charge in [-0.1, -0.05) is 57.6 Å². The number of hydrogen-bond donors (Lipinski definition) is 0. The molecule has 2 rings (SSSR count). The topological polar surface area (TPSA) is 24.7 Å². The predicted molar refractivity (Wildman–Crippen MR) is 120 cm³/mol. The van der Waals surface area contributed by atoms with Gasteiger partial charge in [-0.2, -0.15) is 0 Å². The van der Waals surface area contributed by atoms with Crippen LogP contribution in [0.5, 0.6) is 0 Å². The smallest absolute Gasteiger partial charge is 0.0618 e. The van der Waals surface area contributed by atoms with Crippen molar-refractivity contribution >= 4 is 22.8 Å². The van der Waals surface area contributed by atoms with Crippen molar-refractivity contribution in [2.75, 3.05) is 0 Å². The highest BCUT2D eigenvalue weighted by Gasteiger charge is 2.07. The first-order valence-corrected chi connectivity index (χ1v) is 10.3. The molecule has 0 amide bonds. The van der Waals surface area contributed by atoms with E-state index >= 15 is 0 Å².